The Balaban J connectivity index is 1.32. The summed E-state index contributed by atoms with van der Waals surface area (Å²) in [4.78, 5) is 15.8. The van der Waals surface area contributed by atoms with E-state index in [9.17, 15) is 4.79 Å². The Labute approximate surface area is 200 Å². The normalized spacial score (nSPS) is 15.1. The second-order valence-corrected chi connectivity index (χ2v) is 8.78. The molecule has 0 fully saturated rings. The predicted octanol–water partition coefficient (Wildman–Crippen LogP) is 5.63. The molecule has 0 bridgehead atoms. The van der Waals surface area contributed by atoms with Crippen LogP contribution in [0.1, 0.15) is 41.6 Å². The van der Waals surface area contributed by atoms with Gasteiger partial charge in [0.2, 0.25) is 0 Å². The summed E-state index contributed by atoms with van der Waals surface area (Å²) in [7, 11) is 0. The van der Waals surface area contributed by atoms with Crippen molar-refractivity contribution in [3.05, 3.63) is 114 Å². The molecule has 0 saturated heterocycles. The Bertz CT molecular complexity index is 1210. The monoisotopic (exact) mass is 452 g/mol. The fourth-order valence-corrected chi connectivity index (χ4v) is 4.76. The van der Waals surface area contributed by atoms with E-state index in [1.807, 2.05) is 30.5 Å². The average molecular weight is 453 g/mol. The summed E-state index contributed by atoms with van der Waals surface area (Å²) in [5.74, 6) is 0.738. The molecule has 5 nitrogen and oxygen atoms in total. The van der Waals surface area contributed by atoms with Crippen LogP contribution in [0.2, 0.25) is 0 Å². The third-order valence-corrected chi connectivity index (χ3v) is 6.36. The lowest BCUT2D eigenvalue weighted by Gasteiger charge is -2.26. The molecule has 4 aromatic rings. The molecule has 1 aliphatic rings. The zero-order valence-electron chi connectivity index (χ0n) is 19.3. The van der Waals surface area contributed by atoms with Gasteiger partial charge < -0.3 is 9.47 Å². The fourth-order valence-electron chi connectivity index (χ4n) is 4.76. The number of aryl methyl sites for hydroxylation is 1. The van der Waals surface area contributed by atoms with Crippen LogP contribution in [0.3, 0.4) is 0 Å². The molecule has 0 amide bonds. The van der Waals surface area contributed by atoms with Gasteiger partial charge in [-0.25, -0.2) is 4.98 Å². The van der Waals surface area contributed by atoms with Crippen molar-refractivity contribution in [3.8, 4) is 11.8 Å². The molecule has 0 radical (unpaired) electrons. The van der Waals surface area contributed by atoms with Crippen LogP contribution in [0.25, 0.3) is 0 Å². The predicted molar refractivity (Wildman–Crippen MR) is 131 cm³/mol. The molecule has 5 heteroatoms. The Hall–Kier alpha value is -3.86. The second kappa shape index (κ2) is 9.96. The highest BCUT2D eigenvalue weighted by molar-refractivity contribution is 5.69. The number of esters is 1. The lowest BCUT2D eigenvalue weighted by atomic mass is 9.84. The number of hydrogen-bond donors (Lipinski definition) is 0. The molecule has 1 unspecified atom stereocenters. The number of carbonyl (C=O) groups is 1. The maximum absolute atomic E-state index is 11.2. The molecule has 1 heterocycles. The van der Waals surface area contributed by atoms with E-state index < -0.39 is 0 Å². The van der Waals surface area contributed by atoms with Crippen molar-refractivity contribution in [1.29, 1.82) is 0 Å². The summed E-state index contributed by atoms with van der Waals surface area (Å²) in [5, 5.41) is 0. The summed E-state index contributed by atoms with van der Waals surface area (Å²) in [6.07, 6.45) is 6.71. The Morgan fingerprint density at radius 3 is 2.38 bits per heavy atom. The van der Waals surface area contributed by atoms with E-state index in [1.165, 1.54) is 29.2 Å². The molecule has 172 valence electrons. The smallest absolute Gasteiger partial charge is 0.308 e. The topological polar surface area (TPSA) is 53.4 Å². The van der Waals surface area contributed by atoms with Gasteiger partial charge in [0, 0.05) is 19.3 Å². The highest BCUT2D eigenvalue weighted by Gasteiger charge is 2.23. The van der Waals surface area contributed by atoms with Crippen molar-refractivity contribution in [2.75, 3.05) is 6.61 Å². The molecular formula is C29H28N2O3. The third kappa shape index (κ3) is 4.88. The molecule has 0 saturated carbocycles. The molecule has 0 spiro atoms. The molecule has 0 N–H and O–H groups in total. The summed E-state index contributed by atoms with van der Waals surface area (Å²) in [5.41, 5.74) is 4.92. The standard InChI is InChI=1S/C29H28N2O3/c1-21(32)34-27-15-14-25-18-22(12-13-26(25)19-27)20-33-29-30-16-17-31(29)28(23-8-4-2-5-9-23)24-10-6-3-7-11-24/h2-11,14-17,19,22,28H,12-13,18,20H2,1H3. The van der Waals surface area contributed by atoms with Crippen molar-refractivity contribution < 1.29 is 14.3 Å². The Morgan fingerprint density at radius 2 is 1.71 bits per heavy atom. The summed E-state index contributed by atoms with van der Waals surface area (Å²) in [6.45, 7) is 2.04. The minimum absolute atomic E-state index is 0.00770. The molecule has 5 rings (SSSR count). The number of aromatic nitrogens is 2. The first-order valence-corrected chi connectivity index (χ1v) is 11.7. The Morgan fingerprint density at radius 1 is 1.00 bits per heavy atom. The van der Waals surface area contributed by atoms with Crippen molar-refractivity contribution in [1.82, 2.24) is 9.55 Å². The largest absolute Gasteiger partial charge is 0.464 e. The van der Waals surface area contributed by atoms with E-state index in [4.69, 9.17) is 9.47 Å². The van der Waals surface area contributed by atoms with Gasteiger partial charge in [0.05, 0.1) is 12.6 Å². The van der Waals surface area contributed by atoms with Crippen LogP contribution in [0.15, 0.2) is 91.3 Å². The van der Waals surface area contributed by atoms with E-state index >= 15 is 0 Å². The van der Waals surface area contributed by atoms with Gasteiger partial charge in [-0.2, -0.15) is 0 Å². The van der Waals surface area contributed by atoms with Crippen LogP contribution in [0.5, 0.6) is 11.8 Å². The van der Waals surface area contributed by atoms with Gasteiger partial charge in [0.1, 0.15) is 5.75 Å². The lowest BCUT2D eigenvalue weighted by Crippen LogP contribution is -2.22. The second-order valence-electron chi connectivity index (χ2n) is 8.78. The van der Waals surface area contributed by atoms with Gasteiger partial charge in [-0.15, -0.1) is 0 Å². The van der Waals surface area contributed by atoms with Gasteiger partial charge in [-0.05, 0) is 59.6 Å². The zero-order valence-corrected chi connectivity index (χ0v) is 19.3. The van der Waals surface area contributed by atoms with Crippen LogP contribution in [0, 0.1) is 5.92 Å². The van der Waals surface area contributed by atoms with Crippen molar-refractivity contribution in [3.63, 3.8) is 0 Å². The van der Waals surface area contributed by atoms with Gasteiger partial charge in [0.25, 0.3) is 6.01 Å². The molecule has 1 aliphatic carbocycles. The Kier molecular flexibility index (Phi) is 6.43. The zero-order chi connectivity index (χ0) is 23.3. The molecule has 1 atom stereocenters. The van der Waals surface area contributed by atoms with Crippen molar-refractivity contribution in [2.45, 2.75) is 32.2 Å². The van der Waals surface area contributed by atoms with Crippen molar-refractivity contribution in [2.24, 2.45) is 5.92 Å². The van der Waals surface area contributed by atoms with Gasteiger partial charge in [-0.1, -0.05) is 66.7 Å². The van der Waals surface area contributed by atoms with Gasteiger partial charge >= 0.3 is 5.97 Å². The molecule has 1 aromatic heterocycles. The van der Waals surface area contributed by atoms with Crippen molar-refractivity contribution >= 4 is 5.97 Å². The number of hydrogen-bond acceptors (Lipinski definition) is 4. The van der Waals surface area contributed by atoms with E-state index in [2.05, 4.69) is 64.1 Å². The molecule has 34 heavy (non-hydrogen) atoms. The maximum atomic E-state index is 11.2. The van der Waals surface area contributed by atoms with Crippen LogP contribution in [-0.2, 0) is 17.6 Å². The van der Waals surface area contributed by atoms with Crippen LogP contribution >= 0.6 is 0 Å². The number of fused-ring (bicyclic) bond motifs is 1. The summed E-state index contributed by atoms with van der Waals surface area (Å²) < 4.78 is 13.7. The third-order valence-electron chi connectivity index (χ3n) is 6.36. The number of benzene rings is 3. The van der Waals surface area contributed by atoms with Crippen LogP contribution < -0.4 is 9.47 Å². The van der Waals surface area contributed by atoms with Gasteiger partial charge in [-0.3, -0.25) is 9.36 Å². The summed E-state index contributed by atoms with van der Waals surface area (Å²) in [6, 6.07) is 27.5. The lowest BCUT2D eigenvalue weighted by molar-refractivity contribution is -0.131. The molecular weight excluding hydrogens is 424 g/mol. The van der Waals surface area contributed by atoms with Gasteiger partial charge in [0.15, 0.2) is 0 Å². The average Bonchev–Trinajstić information content (AvgIpc) is 3.32. The SMILES string of the molecule is CC(=O)Oc1ccc2c(c1)CCC(COc1nccn1C(c1ccccc1)c1ccccc1)C2. The minimum Gasteiger partial charge on any atom is -0.464 e. The quantitative estimate of drug-likeness (QED) is 0.269. The highest BCUT2D eigenvalue weighted by Crippen LogP contribution is 2.32. The maximum Gasteiger partial charge on any atom is 0.308 e. The molecule has 3 aromatic carbocycles. The first-order valence-electron chi connectivity index (χ1n) is 11.7. The highest BCUT2D eigenvalue weighted by atomic mass is 16.5. The number of carbonyl (C=O) groups excluding carboxylic acids is 1. The van der Waals surface area contributed by atoms with Crippen LogP contribution in [-0.4, -0.2) is 22.1 Å². The van der Waals surface area contributed by atoms with E-state index in [-0.39, 0.29) is 12.0 Å². The number of nitrogens with zero attached hydrogens (tertiary/aromatic N) is 2. The molecule has 0 aliphatic heterocycles. The number of ether oxygens (including phenoxy) is 2. The van der Waals surface area contributed by atoms with E-state index in [0.29, 0.717) is 24.3 Å². The number of imidazole rings is 1. The van der Waals surface area contributed by atoms with E-state index in [0.717, 1.165) is 19.3 Å². The van der Waals surface area contributed by atoms with E-state index in [1.54, 1.807) is 6.20 Å². The number of rotatable bonds is 7. The first kappa shape index (κ1) is 22.0. The summed E-state index contributed by atoms with van der Waals surface area (Å²) >= 11 is 0. The minimum atomic E-state index is -0.290. The van der Waals surface area contributed by atoms with Crippen LogP contribution in [0.4, 0.5) is 0 Å². The fraction of sp³-hybridized carbons (Fsp3) is 0.241. The first-order chi connectivity index (χ1) is 16.7.